The number of anilines is 1. The van der Waals surface area contributed by atoms with Crippen LogP contribution in [0.2, 0.25) is 0 Å². The predicted octanol–water partition coefficient (Wildman–Crippen LogP) is 1.53. The maximum atomic E-state index is 13.9. The van der Waals surface area contributed by atoms with Crippen LogP contribution in [0.15, 0.2) is 24.3 Å². The molecule has 2 aromatic rings. The van der Waals surface area contributed by atoms with Crippen LogP contribution in [0.1, 0.15) is 16.1 Å². The lowest BCUT2D eigenvalue weighted by atomic mass is 10.0. The van der Waals surface area contributed by atoms with E-state index in [9.17, 15) is 9.18 Å². The second-order valence-corrected chi connectivity index (χ2v) is 3.95. The largest absolute Gasteiger partial charge is 0.368 e. The Balaban J connectivity index is 2.75. The number of carbonyl (C=O) groups is 1. The van der Waals surface area contributed by atoms with Gasteiger partial charge in [-0.05, 0) is 19.1 Å². The molecule has 0 aliphatic carbocycles. The molecule has 0 aliphatic heterocycles. The molecule has 19 heavy (non-hydrogen) atoms. The molecule has 5 nitrogen and oxygen atoms in total. The summed E-state index contributed by atoms with van der Waals surface area (Å²) in [7, 11) is 1.49. The van der Waals surface area contributed by atoms with Gasteiger partial charge in [-0.2, -0.15) is 0 Å². The number of benzene rings is 1. The third-order valence-corrected chi connectivity index (χ3v) is 2.69. The van der Waals surface area contributed by atoms with Crippen molar-refractivity contribution in [2.75, 3.05) is 12.8 Å². The Morgan fingerprint density at radius 1 is 1.32 bits per heavy atom. The minimum Gasteiger partial charge on any atom is -0.368 e. The number of nitrogen functional groups attached to an aromatic ring is 1. The molecule has 1 heterocycles. The molecule has 2 rings (SSSR count). The first-order valence-corrected chi connectivity index (χ1v) is 5.65. The zero-order valence-corrected chi connectivity index (χ0v) is 10.6. The van der Waals surface area contributed by atoms with Gasteiger partial charge in [-0.15, -0.1) is 0 Å². The van der Waals surface area contributed by atoms with Crippen molar-refractivity contribution in [2.24, 2.45) is 0 Å². The van der Waals surface area contributed by atoms with E-state index in [0.29, 0.717) is 5.69 Å². The summed E-state index contributed by atoms with van der Waals surface area (Å²) in [6.07, 6.45) is 0. The minimum atomic E-state index is -0.467. The Kier molecular flexibility index (Phi) is 3.41. The molecule has 1 aromatic heterocycles. The normalized spacial score (nSPS) is 10.3. The molecule has 0 bridgehead atoms. The number of halogens is 1. The number of nitrogens with zero attached hydrogens (tertiary/aromatic N) is 2. The van der Waals surface area contributed by atoms with Gasteiger partial charge < -0.3 is 11.1 Å². The average molecular weight is 260 g/mol. The molecule has 1 amide bonds. The smallest absolute Gasteiger partial charge is 0.255 e. The molecule has 1 aromatic carbocycles. The molecule has 0 atom stereocenters. The molecule has 0 fully saturated rings. The van der Waals surface area contributed by atoms with E-state index >= 15 is 0 Å². The monoisotopic (exact) mass is 260 g/mol. The summed E-state index contributed by atoms with van der Waals surface area (Å²) < 4.78 is 13.9. The Morgan fingerprint density at radius 3 is 2.63 bits per heavy atom. The zero-order chi connectivity index (χ0) is 14.0. The molecular formula is C13H13FN4O. The number of aromatic nitrogens is 2. The fraction of sp³-hybridized carbons (Fsp3) is 0.154. The van der Waals surface area contributed by atoms with E-state index in [1.165, 1.54) is 13.1 Å². The first-order valence-electron chi connectivity index (χ1n) is 5.65. The van der Waals surface area contributed by atoms with Crippen LogP contribution in [0.25, 0.3) is 11.3 Å². The molecule has 6 heteroatoms. The molecule has 0 unspecified atom stereocenters. The van der Waals surface area contributed by atoms with Crippen LogP contribution in [-0.2, 0) is 0 Å². The van der Waals surface area contributed by atoms with Crippen molar-refractivity contribution in [1.29, 1.82) is 0 Å². The average Bonchev–Trinajstić information content (AvgIpc) is 2.37. The fourth-order valence-corrected chi connectivity index (χ4v) is 1.84. The van der Waals surface area contributed by atoms with Crippen LogP contribution in [0.4, 0.5) is 10.3 Å². The highest BCUT2D eigenvalue weighted by molar-refractivity contribution is 6.01. The molecule has 98 valence electrons. The standard InChI is InChI=1S/C13H13FN4O/c1-7-10(12(19)16-2)11(18-13(15)17-7)8-5-3-4-6-9(8)14/h3-6H,1-2H3,(H,16,19)(H2,15,17,18). The topological polar surface area (TPSA) is 80.9 Å². The molecule has 0 aliphatic rings. The third-order valence-electron chi connectivity index (χ3n) is 2.69. The number of rotatable bonds is 2. The van der Waals surface area contributed by atoms with Crippen molar-refractivity contribution >= 4 is 11.9 Å². The maximum absolute atomic E-state index is 13.9. The zero-order valence-electron chi connectivity index (χ0n) is 10.6. The molecular weight excluding hydrogens is 247 g/mol. The van der Waals surface area contributed by atoms with Crippen molar-refractivity contribution in [3.63, 3.8) is 0 Å². The van der Waals surface area contributed by atoms with Gasteiger partial charge in [0.25, 0.3) is 5.91 Å². The first kappa shape index (κ1) is 12.9. The van der Waals surface area contributed by atoms with Crippen LogP contribution in [0.3, 0.4) is 0 Å². The van der Waals surface area contributed by atoms with Crippen LogP contribution < -0.4 is 11.1 Å². The van der Waals surface area contributed by atoms with Crippen LogP contribution in [0, 0.1) is 12.7 Å². The van der Waals surface area contributed by atoms with E-state index in [4.69, 9.17) is 5.73 Å². The van der Waals surface area contributed by atoms with E-state index in [1.54, 1.807) is 25.1 Å². The van der Waals surface area contributed by atoms with E-state index in [1.807, 2.05) is 0 Å². The predicted molar refractivity (Wildman–Crippen MR) is 70.0 cm³/mol. The number of nitrogens with one attached hydrogen (secondary N) is 1. The number of hydrogen-bond donors (Lipinski definition) is 2. The van der Waals surface area contributed by atoms with Crippen LogP contribution >= 0.6 is 0 Å². The van der Waals surface area contributed by atoms with Gasteiger partial charge in [0, 0.05) is 12.6 Å². The first-order chi connectivity index (χ1) is 9.04. The van der Waals surface area contributed by atoms with Gasteiger partial charge in [0.15, 0.2) is 0 Å². The highest BCUT2D eigenvalue weighted by atomic mass is 19.1. The van der Waals surface area contributed by atoms with Gasteiger partial charge in [0.05, 0.1) is 17.0 Å². The minimum absolute atomic E-state index is 0.00315. The van der Waals surface area contributed by atoms with Crippen molar-refractivity contribution in [2.45, 2.75) is 6.92 Å². The highest BCUT2D eigenvalue weighted by Gasteiger charge is 2.20. The van der Waals surface area contributed by atoms with Gasteiger partial charge >= 0.3 is 0 Å². The Morgan fingerprint density at radius 2 is 2.00 bits per heavy atom. The third kappa shape index (κ3) is 2.37. The van der Waals surface area contributed by atoms with Crippen molar-refractivity contribution in [3.8, 4) is 11.3 Å². The maximum Gasteiger partial charge on any atom is 0.255 e. The SMILES string of the molecule is CNC(=O)c1c(C)nc(N)nc1-c1ccccc1F. The van der Waals surface area contributed by atoms with Crippen LogP contribution in [0.5, 0.6) is 0 Å². The van der Waals surface area contributed by atoms with Crippen molar-refractivity contribution < 1.29 is 9.18 Å². The van der Waals surface area contributed by atoms with Gasteiger partial charge in [-0.1, -0.05) is 12.1 Å². The van der Waals surface area contributed by atoms with Gasteiger partial charge in [0.2, 0.25) is 5.95 Å². The summed E-state index contributed by atoms with van der Waals surface area (Å²) in [5, 5.41) is 2.49. The van der Waals surface area contributed by atoms with Gasteiger partial charge in [-0.3, -0.25) is 4.79 Å². The van der Waals surface area contributed by atoms with Crippen molar-refractivity contribution in [1.82, 2.24) is 15.3 Å². The lowest BCUT2D eigenvalue weighted by Crippen LogP contribution is -2.22. The van der Waals surface area contributed by atoms with E-state index in [2.05, 4.69) is 15.3 Å². The number of carbonyl (C=O) groups excluding carboxylic acids is 1. The summed E-state index contributed by atoms with van der Waals surface area (Å²) in [5.74, 6) is -0.843. The number of aryl methyl sites for hydroxylation is 1. The summed E-state index contributed by atoms with van der Waals surface area (Å²) in [6.45, 7) is 1.63. The molecule has 0 saturated heterocycles. The van der Waals surface area contributed by atoms with Gasteiger partial charge in [-0.25, -0.2) is 14.4 Å². The fourth-order valence-electron chi connectivity index (χ4n) is 1.84. The Bertz CT molecular complexity index is 643. The quantitative estimate of drug-likeness (QED) is 0.858. The van der Waals surface area contributed by atoms with Crippen LogP contribution in [-0.4, -0.2) is 22.9 Å². The summed E-state index contributed by atoms with van der Waals surface area (Å²) in [6, 6.07) is 6.08. The second kappa shape index (κ2) is 5.01. The Labute approximate surface area is 109 Å². The highest BCUT2D eigenvalue weighted by Crippen LogP contribution is 2.26. The van der Waals surface area contributed by atoms with E-state index in [-0.39, 0.29) is 28.7 Å². The summed E-state index contributed by atoms with van der Waals surface area (Å²) in [5.41, 5.74) is 6.63. The Hall–Kier alpha value is -2.50. The van der Waals surface area contributed by atoms with E-state index in [0.717, 1.165) is 0 Å². The number of nitrogens with two attached hydrogens (primary N) is 1. The second-order valence-electron chi connectivity index (χ2n) is 3.95. The molecule has 0 saturated carbocycles. The van der Waals surface area contributed by atoms with Gasteiger partial charge in [0.1, 0.15) is 5.82 Å². The number of hydrogen-bond acceptors (Lipinski definition) is 4. The van der Waals surface area contributed by atoms with E-state index < -0.39 is 5.82 Å². The lowest BCUT2D eigenvalue weighted by molar-refractivity contribution is 0.0962. The summed E-state index contributed by atoms with van der Waals surface area (Å²) in [4.78, 5) is 19.8. The summed E-state index contributed by atoms with van der Waals surface area (Å²) >= 11 is 0. The van der Waals surface area contributed by atoms with Crippen molar-refractivity contribution in [3.05, 3.63) is 41.3 Å². The lowest BCUT2D eigenvalue weighted by Gasteiger charge is -2.11. The molecule has 0 radical (unpaired) electrons. The molecule has 0 spiro atoms. The number of amides is 1. The molecule has 3 N–H and O–H groups in total.